The lowest BCUT2D eigenvalue weighted by atomic mass is 10.1. The largest absolute Gasteiger partial charge is 0.351 e. The first-order valence-corrected chi connectivity index (χ1v) is 8.96. The number of fused-ring (bicyclic) bond motifs is 1. The Morgan fingerprint density at radius 2 is 2.00 bits per heavy atom. The van der Waals surface area contributed by atoms with Gasteiger partial charge in [0.15, 0.2) is 5.65 Å². The molecule has 1 amide bonds. The fourth-order valence-electron chi connectivity index (χ4n) is 3.47. The van der Waals surface area contributed by atoms with Crippen molar-refractivity contribution < 1.29 is 4.79 Å². The minimum absolute atomic E-state index is 0.0738. The van der Waals surface area contributed by atoms with Crippen LogP contribution in [0.3, 0.4) is 0 Å². The highest BCUT2D eigenvalue weighted by molar-refractivity contribution is 5.97. The van der Waals surface area contributed by atoms with Gasteiger partial charge in [0.2, 0.25) is 0 Å². The Kier molecular flexibility index (Phi) is 5.45. The summed E-state index contributed by atoms with van der Waals surface area (Å²) in [6.45, 7) is 3.39. The SMILES string of the molecule is Cc1nn(C)c2ncc(C(=O)NCCNC3CCCCCC3)cc12. The van der Waals surface area contributed by atoms with Gasteiger partial charge >= 0.3 is 0 Å². The summed E-state index contributed by atoms with van der Waals surface area (Å²) in [4.78, 5) is 16.7. The van der Waals surface area contributed by atoms with E-state index in [1.165, 1.54) is 38.5 Å². The summed E-state index contributed by atoms with van der Waals surface area (Å²) >= 11 is 0. The van der Waals surface area contributed by atoms with Crippen LogP contribution < -0.4 is 10.6 Å². The van der Waals surface area contributed by atoms with E-state index >= 15 is 0 Å². The van der Waals surface area contributed by atoms with E-state index in [4.69, 9.17) is 0 Å². The van der Waals surface area contributed by atoms with Gasteiger partial charge in [-0.15, -0.1) is 0 Å². The molecule has 2 heterocycles. The molecule has 1 saturated carbocycles. The number of aromatic nitrogens is 3. The van der Waals surface area contributed by atoms with E-state index in [9.17, 15) is 4.79 Å². The summed E-state index contributed by atoms with van der Waals surface area (Å²) in [6, 6.07) is 2.49. The van der Waals surface area contributed by atoms with Crippen LogP contribution in [0.2, 0.25) is 0 Å². The molecule has 6 nitrogen and oxygen atoms in total. The molecule has 0 bridgehead atoms. The molecule has 2 aromatic rings. The van der Waals surface area contributed by atoms with Crippen LogP contribution in [0.1, 0.15) is 54.6 Å². The first kappa shape index (κ1) is 16.9. The predicted octanol–water partition coefficient (Wildman–Crippen LogP) is 2.32. The quantitative estimate of drug-likeness (QED) is 0.652. The Morgan fingerprint density at radius 1 is 1.25 bits per heavy atom. The van der Waals surface area contributed by atoms with Crippen molar-refractivity contribution in [3.05, 3.63) is 23.5 Å². The number of aryl methyl sites for hydroxylation is 2. The van der Waals surface area contributed by atoms with Gasteiger partial charge in [0.25, 0.3) is 5.91 Å². The van der Waals surface area contributed by atoms with Gasteiger partial charge in [-0.3, -0.25) is 9.48 Å². The normalized spacial score (nSPS) is 16.2. The lowest BCUT2D eigenvalue weighted by Gasteiger charge is -2.16. The second-order valence-corrected chi connectivity index (χ2v) is 6.70. The van der Waals surface area contributed by atoms with Gasteiger partial charge in [-0.05, 0) is 25.8 Å². The first-order chi connectivity index (χ1) is 11.6. The van der Waals surface area contributed by atoms with E-state index in [1.54, 1.807) is 10.9 Å². The maximum absolute atomic E-state index is 12.3. The zero-order valence-corrected chi connectivity index (χ0v) is 14.6. The van der Waals surface area contributed by atoms with Crippen LogP contribution in [0.4, 0.5) is 0 Å². The molecule has 24 heavy (non-hydrogen) atoms. The molecule has 0 unspecified atom stereocenters. The molecular weight excluding hydrogens is 302 g/mol. The lowest BCUT2D eigenvalue weighted by molar-refractivity contribution is 0.0953. The highest BCUT2D eigenvalue weighted by atomic mass is 16.1. The summed E-state index contributed by atoms with van der Waals surface area (Å²) in [5, 5.41) is 11.8. The number of pyridine rings is 1. The van der Waals surface area contributed by atoms with Gasteiger partial charge in [0.05, 0.1) is 11.3 Å². The molecule has 2 aromatic heterocycles. The summed E-state index contributed by atoms with van der Waals surface area (Å²) in [6.07, 6.45) is 9.50. The molecule has 6 heteroatoms. The van der Waals surface area contributed by atoms with Gasteiger partial charge in [0, 0.05) is 37.8 Å². The Balaban J connectivity index is 1.50. The Morgan fingerprint density at radius 3 is 2.75 bits per heavy atom. The van der Waals surface area contributed by atoms with Gasteiger partial charge in [-0.2, -0.15) is 5.10 Å². The van der Waals surface area contributed by atoms with Crippen LogP contribution in [-0.4, -0.2) is 39.8 Å². The number of rotatable bonds is 5. The van der Waals surface area contributed by atoms with Crippen molar-refractivity contribution >= 4 is 16.9 Å². The van der Waals surface area contributed by atoms with Crippen molar-refractivity contribution in [3.8, 4) is 0 Å². The molecule has 0 aliphatic heterocycles. The third-order valence-corrected chi connectivity index (χ3v) is 4.82. The molecule has 1 fully saturated rings. The number of hydrogen-bond acceptors (Lipinski definition) is 4. The van der Waals surface area contributed by atoms with Gasteiger partial charge in [-0.25, -0.2) is 4.98 Å². The number of nitrogens with one attached hydrogen (secondary N) is 2. The highest BCUT2D eigenvalue weighted by Crippen LogP contribution is 2.17. The topological polar surface area (TPSA) is 71.8 Å². The van der Waals surface area contributed by atoms with Gasteiger partial charge < -0.3 is 10.6 Å². The van der Waals surface area contributed by atoms with E-state index in [2.05, 4.69) is 20.7 Å². The Bertz CT molecular complexity index is 701. The smallest absolute Gasteiger partial charge is 0.252 e. The molecule has 0 radical (unpaired) electrons. The Hall–Kier alpha value is -1.95. The fraction of sp³-hybridized carbons (Fsp3) is 0.611. The fourth-order valence-corrected chi connectivity index (χ4v) is 3.47. The van der Waals surface area contributed by atoms with Crippen molar-refractivity contribution in [1.82, 2.24) is 25.4 Å². The van der Waals surface area contributed by atoms with Crippen molar-refractivity contribution in [2.45, 2.75) is 51.5 Å². The van der Waals surface area contributed by atoms with Crippen molar-refractivity contribution in [3.63, 3.8) is 0 Å². The minimum atomic E-state index is -0.0738. The summed E-state index contributed by atoms with van der Waals surface area (Å²) in [5.41, 5.74) is 2.29. The summed E-state index contributed by atoms with van der Waals surface area (Å²) in [7, 11) is 1.86. The maximum atomic E-state index is 12.3. The zero-order valence-electron chi connectivity index (χ0n) is 14.6. The predicted molar refractivity (Wildman–Crippen MR) is 95.1 cm³/mol. The van der Waals surface area contributed by atoms with Crippen LogP contribution in [0.25, 0.3) is 11.0 Å². The molecule has 1 aliphatic carbocycles. The molecule has 0 spiro atoms. The molecule has 0 aromatic carbocycles. The van der Waals surface area contributed by atoms with Crippen LogP contribution in [-0.2, 0) is 7.05 Å². The van der Waals surface area contributed by atoms with Crippen LogP contribution in [0, 0.1) is 6.92 Å². The van der Waals surface area contributed by atoms with E-state index < -0.39 is 0 Å². The number of carbonyl (C=O) groups excluding carboxylic acids is 1. The molecule has 0 atom stereocenters. The Labute approximate surface area is 143 Å². The van der Waals surface area contributed by atoms with Gasteiger partial charge in [-0.1, -0.05) is 25.7 Å². The van der Waals surface area contributed by atoms with Crippen LogP contribution >= 0.6 is 0 Å². The average molecular weight is 329 g/mol. The molecule has 130 valence electrons. The lowest BCUT2D eigenvalue weighted by Crippen LogP contribution is -2.36. The standard InChI is InChI=1S/C18H27N5O/c1-13-16-11-14(12-21-17(16)23(2)22-13)18(24)20-10-9-19-15-7-5-3-4-6-8-15/h11-12,15,19H,3-10H2,1-2H3,(H,20,24). The number of carbonyl (C=O) groups is 1. The number of hydrogen-bond donors (Lipinski definition) is 2. The van der Waals surface area contributed by atoms with Crippen molar-refractivity contribution in [2.24, 2.45) is 7.05 Å². The molecular formula is C18H27N5O. The molecule has 0 saturated heterocycles. The van der Waals surface area contributed by atoms with Gasteiger partial charge in [0.1, 0.15) is 0 Å². The highest BCUT2D eigenvalue weighted by Gasteiger charge is 2.13. The molecule has 2 N–H and O–H groups in total. The first-order valence-electron chi connectivity index (χ1n) is 8.96. The second kappa shape index (κ2) is 7.75. The third kappa shape index (κ3) is 3.93. The number of nitrogens with zero attached hydrogens (tertiary/aromatic N) is 3. The van der Waals surface area contributed by atoms with E-state index in [0.29, 0.717) is 18.2 Å². The van der Waals surface area contributed by atoms with Crippen molar-refractivity contribution in [1.29, 1.82) is 0 Å². The maximum Gasteiger partial charge on any atom is 0.252 e. The van der Waals surface area contributed by atoms with E-state index in [0.717, 1.165) is 23.3 Å². The van der Waals surface area contributed by atoms with Crippen LogP contribution in [0.15, 0.2) is 12.3 Å². The van der Waals surface area contributed by atoms with Crippen molar-refractivity contribution in [2.75, 3.05) is 13.1 Å². The monoisotopic (exact) mass is 329 g/mol. The van der Waals surface area contributed by atoms with Crippen LogP contribution in [0.5, 0.6) is 0 Å². The third-order valence-electron chi connectivity index (χ3n) is 4.82. The zero-order chi connectivity index (χ0) is 16.9. The minimum Gasteiger partial charge on any atom is -0.351 e. The number of amides is 1. The summed E-state index contributed by atoms with van der Waals surface area (Å²) < 4.78 is 1.74. The second-order valence-electron chi connectivity index (χ2n) is 6.70. The molecule has 3 rings (SSSR count). The van der Waals surface area contributed by atoms with E-state index in [1.807, 2.05) is 20.0 Å². The average Bonchev–Trinajstić information content (AvgIpc) is 2.77. The molecule has 1 aliphatic rings. The summed E-state index contributed by atoms with van der Waals surface area (Å²) in [5.74, 6) is -0.0738. The van der Waals surface area contributed by atoms with E-state index in [-0.39, 0.29) is 5.91 Å².